The van der Waals surface area contributed by atoms with Crippen molar-refractivity contribution in [3.8, 4) is 5.69 Å². The first-order chi connectivity index (χ1) is 21.5. The molecule has 6 nitrogen and oxygen atoms in total. The van der Waals surface area contributed by atoms with Gasteiger partial charge in [0.2, 0.25) is 0 Å². The summed E-state index contributed by atoms with van der Waals surface area (Å²) in [5.74, 6) is 0.456. The van der Waals surface area contributed by atoms with Gasteiger partial charge in [-0.1, -0.05) is 84.4 Å². The maximum Gasteiger partial charge on any atom is 0.274 e. The molecular weight excluding hydrogens is 566 g/mol. The van der Waals surface area contributed by atoms with Gasteiger partial charge in [-0.15, -0.1) is 0 Å². The number of fused-ring (bicyclic) bond motifs is 2. The van der Waals surface area contributed by atoms with Crippen LogP contribution in [0, 0.1) is 12.8 Å². The Bertz CT molecular complexity index is 1950. The fraction of sp³-hybridized carbons (Fsp3) is 0.189. The van der Waals surface area contributed by atoms with Gasteiger partial charge in [0, 0.05) is 23.0 Å². The second-order valence-electron chi connectivity index (χ2n) is 11.6. The molecule has 220 valence electrons. The van der Waals surface area contributed by atoms with Crippen LogP contribution in [0.4, 0.5) is 5.69 Å². The van der Waals surface area contributed by atoms with E-state index in [-0.39, 0.29) is 11.9 Å². The molecule has 1 atom stereocenters. The molecule has 1 unspecified atom stereocenters. The van der Waals surface area contributed by atoms with Crippen LogP contribution >= 0.6 is 11.6 Å². The van der Waals surface area contributed by atoms with E-state index in [0.717, 1.165) is 61.3 Å². The van der Waals surface area contributed by atoms with E-state index in [2.05, 4.69) is 64.3 Å². The van der Waals surface area contributed by atoms with Gasteiger partial charge in [0.25, 0.3) is 5.91 Å². The highest BCUT2D eigenvalue weighted by Gasteiger charge is 2.26. The summed E-state index contributed by atoms with van der Waals surface area (Å²) in [6.45, 7) is 3.22. The average molecular weight is 600 g/mol. The van der Waals surface area contributed by atoms with E-state index in [1.807, 2.05) is 55.5 Å². The summed E-state index contributed by atoms with van der Waals surface area (Å²) in [5, 5.41) is 16.7. The number of rotatable bonds is 9. The minimum atomic E-state index is -0.231. The lowest BCUT2D eigenvalue weighted by molar-refractivity contribution is 0.101. The smallest absolute Gasteiger partial charge is 0.274 e. The lowest BCUT2D eigenvalue weighted by Gasteiger charge is -2.25. The molecule has 6 aromatic rings. The Kier molecular flexibility index (Phi) is 7.64. The average Bonchev–Trinajstić information content (AvgIpc) is 3.80. The molecule has 1 amide bonds. The van der Waals surface area contributed by atoms with E-state index in [1.165, 1.54) is 18.4 Å². The van der Waals surface area contributed by atoms with Gasteiger partial charge in [-0.2, -0.15) is 5.10 Å². The largest absolute Gasteiger partial charge is 0.326 e. The second-order valence-corrected chi connectivity index (χ2v) is 12.0. The summed E-state index contributed by atoms with van der Waals surface area (Å²) in [6, 6.07) is 34.3. The third-order valence-electron chi connectivity index (χ3n) is 8.44. The fourth-order valence-corrected chi connectivity index (χ4v) is 6.41. The maximum atomic E-state index is 13.7. The van der Waals surface area contributed by atoms with Gasteiger partial charge in [0.05, 0.1) is 22.4 Å². The molecule has 1 aromatic heterocycles. The highest BCUT2D eigenvalue weighted by Crippen LogP contribution is 2.41. The number of aromatic nitrogens is 2. The number of aryl methyl sites for hydroxylation is 1. The highest BCUT2D eigenvalue weighted by molar-refractivity contribution is 6.41. The predicted molar refractivity (Wildman–Crippen MR) is 180 cm³/mol. The van der Waals surface area contributed by atoms with Crippen LogP contribution in [0.1, 0.15) is 51.8 Å². The standard InChI is InChI=1S/C37H34ClN5O/c1-23-18-33(43(42-23)28-11-6-8-25(19-28)21-39)37(44)41-27-10-7-9-26(20-27)36(40-22-24-16-17-24)34-29-12-2-4-14-31(29)35(38)32-15-5-3-13-30(32)34/h2-15,18-20,24,36,40H,16-17,21-22,39H2,1H3,(H,41,44). The molecule has 1 aliphatic carbocycles. The van der Waals surface area contributed by atoms with Gasteiger partial charge in [0.1, 0.15) is 5.69 Å². The van der Waals surface area contributed by atoms with Gasteiger partial charge >= 0.3 is 0 Å². The van der Waals surface area contributed by atoms with Crippen molar-refractivity contribution in [2.24, 2.45) is 11.7 Å². The van der Waals surface area contributed by atoms with Crippen molar-refractivity contribution in [2.45, 2.75) is 32.4 Å². The highest BCUT2D eigenvalue weighted by atomic mass is 35.5. The summed E-state index contributed by atoms with van der Waals surface area (Å²) in [4.78, 5) is 13.7. The number of amides is 1. The van der Waals surface area contributed by atoms with Crippen molar-refractivity contribution < 1.29 is 4.79 Å². The van der Waals surface area contributed by atoms with Crippen LogP contribution in [-0.4, -0.2) is 22.2 Å². The number of carbonyl (C=O) groups excluding carboxylic acids is 1. The predicted octanol–water partition coefficient (Wildman–Crippen LogP) is 7.94. The normalized spacial score (nSPS) is 13.8. The maximum absolute atomic E-state index is 13.7. The molecule has 0 aliphatic heterocycles. The first-order valence-electron chi connectivity index (χ1n) is 15.1. The lowest BCUT2D eigenvalue weighted by atomic mass is 9.88. The van der Waals surface area contributed by atoms with Gasteiger partial charge < -0.3 is 16.4 Å². The van der Waals surface area contributed by atoms with E-state index in [9.17, 15) is 4.79 Å². The first-order valence-corrected chi connectivity index (χ1v) is 15.5. The van der Waals surface area contributed by atoms with Crippen LogP contribution in [0.25, 0.3) is 27.2 Å². The Morgan fingerprint density at radius 2 is 1.59 bits per heavy atom. The molecule has 1 heterocycles. The van der Waals surface area contributed by atoms with E-state index >= 15 is 0 Å². The van der Waals surface area contributed by atoms with E-state index in [1.54, 1.807) is 10.7 Å². The van der Waals surface area contributed by atoms with Crippen LogP contribution in [0.2, 0.25) is 5.02 Å². The minimum Gasteiger partial charge on any atom is -0.326 e. The molecule has 7 rings (SSSR count). The fourth-order valence-electron chi connectivity index (χ4n) is 6.08. The van der Waals surface area contributed by atoms with Crippen LogP contribution < -0.4 is 16.4 Å². The Morgan fingerprint density at radius 3 is 2.27 bits per heavy atom. The van der Waals surface area contributed by atoms with Gasteiger partial charge in [-0.05, 0) is 90.0 Å². The molecule has 7 heteroatoms. The number of carbonyl (C=O) groups is 1. The third kappa shape index (κ3) is 5.48. The molecule has 0 saturated heterocycles. The Hall–Kier alpha value is -4.49. The molecule has 0 radical (unpaired) electrons. The zero-order chi connectivity index (χ0) is 30.2. The molecule has 1 aliphatic rings. The van der Waals surface area contributed by atoms with E-state index in [0.29, 0.717) is 18.2 Å². The van der Waals surface area contributed by atoms with Crippen molar-refractivity contribution in [1.29, 1.82) is 0 Å². The molecule has 4 N–H and O–H groups in total. The molecule has 5 aromatic carbocycles. The Labute approximate surface area is 261 Å². The minimum absolute atomic E-state index is 0.105. The SMILES string of the molecule is Cc1cc(C(=O)Nc2cccc(C(NCC3CC3)c3c4ccccc4c(Cl)c4ccccc34)c2)n(-c2cccc(CN)c2)n1. The molecular formula is C37H34ClN5O. The van der Waals surface area contributed by atoms with E-state index < -0.39 is 0 Å². The van der Waals surface area contributed by atoms with Crippen molar-refractivity contribution >= 4 is 44.7 Å². The first kappa shape index (κ1) is 28.3. The second kappa shape index (κ2) is 11.9. The number of nitrogens with zero attached hydrogens (tertiary/aromatic N) is 2. The van der Waals surface area contributed by atoms with Crippen LogP contribution in [-0.2, 0) is 6.54 Å². The number of hydrogen-bond donors (Lipinski definition) is 3. The van der Waals surface area contributed by atoms with Crippen molar-refractivity contribution in [3.63, 3.8) is 0 Å². The molecule has 1 fully saturated rings. The number of nitrogens with one attached hydrogen (secondary N) is 2. The van der Waals surface area contributed by atoms with Crippen LogP contribution in [0.15, 0.2) is 103 Å². The number of hydrogen-bond acceptors (Lipinski definition) is 4. The zero-order valence-electron chi connectivity index (χ0n) is 24.6. The number of halogens is 1. The summed E-state index contributed by atoms with van der Waals surface area (Å²) in [7, 11) is 0. The molecule has 1 saturated carbocycles. The lowest BCUT2D eigenvalue weighted by Crippen LogP contribution is -2.25. The monoisotopic (exact) mass is 599 g/mol. The topological polar surface area (TPSA) is 85.0 Å². The summed E-state index contributed by atoms with van der Waals surface area (Å²) >= 11 is 6.97. The number of anilines is 1. The van der Waals surface area contributed by atoms with Crippen LogP contribution in [0.5, 0.6) is 0 Å². The van der Waals surface area contributed by atoms with Crippen molar-refractivity contribution in [1.82, 2.24) is 15.1 Å². The van der Waals surface area contributed by atoms with E-state index in [4.69, 9.17) is 17.3 Å². The quantitative estimate of drug-likeness (QED) is 0.147. The Morgan fingerprint density at radius 1 is 0.909 bits per heavy atom. The third-order valence-corrected chi connectivity index (χ3v) is 8.84. The molecule has 44 heavy (non-hydrogen) atoms. The van der Waals surface area contributed by atoms with Gasteiger partial charge in [0.15, 0.2) is 0 Å². The van der Waals surface area contributed by atoms with Gasteiger partial charge in [-0.3, -0.25) is 4.79 Å². The zero-order valence-corrected chi connectivity index (χ0v) is 25.3. The number of nitrogens with two attached hydrogens (primary N) is 1. The molecule has 0 spiro atoms. The Balaban J connectivity index is 1.28. The van der Waals surface area contributed by atoms with Gasteiger partial charge in [-0.25, -0.2) is 4.68 Å². The summed E-state index contributed by atoms with van der Waals surface area (Å²) in [6.07, 6.45) is 2.50. The summed E-state index contributed by atoms with van der Waals surface area (Å²) in [5.41, 5.74) is 11.8. The van der Waals surface area contributed by atoms with Crippen molar-refractivity contribution in [3.05, 3.63) is 136 Å². The summed E-state index contributed by atoms with van der Waals surface area (Å²) < 4.78 is 1.68. The van der Waals surface area contributed by atoms with Crippen LogP contribution in [0.3, 0.4) is 0 Å². The molecule has 0 bridgehead atoms. The number of benzene rings is 5. The van der Waals surface area contributed by atoms with Crippen molar-refractivity contribution in [2.75, 3.05) is 11.9 Å².